The average Bonchev–Trinajstić information content (AvgIpc) is 2.34. The molecule has 0 aliphatic carbocycles. The van der Waals surface area contributed by atoms with Gasteiger partial charge >= 0.3 is 0 Å². The molecule has 0 spiro atoms. The average molecular weight is 301 g/mol. The molecule has 0 saturated heterocycles. The Kier molecular flexibility index (Phi) is 5.94. The van der Waals surface area contributed by atoms with Gasteiger partial charge in [0.1, 0.15) is 0 Å². The van der Waals surface area contributed by atoms with Gasteiger partial charge in [-0.3, -0.25) is 5.84 Å². The van der Waals surface area contributed by atoms with Crippen LogP contribution in [0, 0.1) is 13.8 Å². The lowest BCUT2D eigenvalue weighted by atomic mass is 10.1. The highest BCUT2D eigenvalue weighted by Crippen LogP contribution is 2.24. The number of nitrogens with one attached hydrogen (secondary N) is 2. The summed E-state index contributed by atoms with van der Waals surface area (Å²) in [4.78, 5) is 0.306. The van der Waals surface area contributed by atoms with Crippen molar-refractivity contribution in [1.29, 1.82) is 0 Å². The summed E-state index contributed by atoms with van der Waals surface area (Å²) in [6.45, 7) is 5.83. The van der Waals surface area contributed by atoms with E-state index in [1.807, 2.05) is 6.92 Å². The molecule has 114 valence electrons. The van der Waals surface area contributed by atoms with E-state index >= 15 is 0 Å². The molecule has 0 fully saturated rings. The number of nitrogens with two attached hydrogens (primary N) is 1. The number of hydrogen-bond donors (Lipinski definition) is 3. The van der Waals surface area contributed by atoms with E-state index in [1.54, 1.807) is 33.1 Å². The molecular weight excluding hydrogens is 278 g/mol. The summed E-state index contributed by atoms with van der Waals surface area (Å²) in [5, 5.41) is 0. The second-order valence-electron chi connectivity index (χ2n) is 4.89. The van der Waals surface area contributed by atoms with E-state index in [4.69, 9.17) is 10.6 Å². The van der Waals surface area contributed by atoms with Crippen LogP contribution >= 0.6 is 0 Å². The van der Waals surface area contributed by atoms with Gasteiger partial charge in [-0.1, -0.05) is 0 Å². The quantitative estimate of drug-likeness (QED) is 0.521. The Bertz CT molecular complexity index is 535. The molecule has 0 heterocycles. The lowest BCUT2D eigenvalue weighted by Crippen LogP contribution is -2.34. The molecule has 0 radical (unpaired) electrons. The molecule has 0 aromatic heterocycles. The lowest BCUT2D eigenvalue weighted by molar-refractivity contribution is 0.188. The zero-order valence-corrected chi connectivity index (χ0v) is 13.2. The topological polar surface area (TPSA) is 93.4 Å². The molecule has 6 nitrogen and oxygen atoms in total. The van der Waals surface area contributed by atoms with Crippen molar-refractivity contribution in [2.75, 3.05) is 19.1 Å². The van der Waals surface area contributed by atoms with Crippen LogP contribution in [0.1, 0.15) is 24.5 Å². The molecule has 1 unspecified atom stereocenters. The fourth-order valence-corrected chi connectivity index (χ4v) is 3.87. The third kappa shape index (κ3) is 4.17. The molecule has 0 aliphatic heterocycles. The van der Waals surface area contributed by atoms with E-state index in [9.17, 15) is 8.42 Å². The predicted octanol–water partition coefficient (Wildman–Crippen LogP) is 1.29. The first-order valence-corrected chi connectivity index (χ1v) is 7.89. The second-order valence-corrected chi connectivity index (χ2v) is 6.54. The number of hydrazine groups is 1. The number of sulfonamides is 1. The standard InChI is InChI=1S/C13H23N3O3S/c1-9-7-12(15-14)8-10(2)13(9)20(17,18)16-11(3)5-6-19-4/h7-8,11,15-16H,5-6,14H2,1-4H3. The number of rotatable bonds is 7. The van der Waals surface area contributed by atoms with Gasteiger partial charge in [0.15, 0.2) is 0 Å². The van der Waals surface area contributed by atoms with Crippen molar-refractivity contribution in [1.82, 2.24) is 4.72 Å². The Morgan fingerprint density at radius 3 is 2.30 bits per heavy atom. The van der Waals surface area contributed by atoms with Crippen molar-refractivity contribution in [2.45, 2.75) is 38.1 Å². The molecule has 0 aliphatic rings. The van der Waals surface area contributed by atoms with E-state index in [-0.39, 0.29) is 6.04 Å². The Hall–Kier alpha value is -1.15. The first-order valence-electron chi connectivity index (χ1n) is 6.41. The number of ether oxygens (including phenoxy) is 1. The third-order valence-corrected chi connectivity index (χ3v) is 4.90. The van der Waals surface area contributed by atoms with Gasteiger partial charge in [0.05, 0.1) is 4.90 Å². The molecule has 20 heavy (non-hydrogen) atoms. The minimum atomic E-state index is -3.55. The number of anilines is 1. The molecular formula is C13H23N3O3S. The van der Waals surface area contributed by atoms with Crippen LogP contribution in [0.2, 0.25) is 0 Å². The zero-order chi connectivity index (χ0) is 15.3. The fourth-order valence-electron chi connectivity index (χ4n) is 2.13. The number of methoxy groups -OCH3 is 1. The van der Waals surface area contributed by atoms with Gasteiger partial charge in [0.2, 0.25) is 10.0 Å². The Morgan fingerprint density at radius 2 is 1.85 bits per heavy atom. The Morgan fingerprint density at radius 1 is 1.30 bits per heavy atom. The number of benzene rings is 1. The summed E-state index contributed by atoms with van der Waals surface area (Å²) in [6.07, 6.45) is 0.621. The van der Waals surface area contributed by atoms with Crippen molar-refractivity contribution in [3.05, 3.63) is 23.3 Å². The maximum Gasteiger partial charge on any atom is 0.241 e. The first kappa shape index (κ1) is 16.9. The minimum Gasteiger partial charge on any atom is -0.385 e. The van der Waals surface area contributed by atoms with Crippen LogP contribution in [-0.4, -0.2) is 28.2 Å². The highest BCUT2D eigenvalue weighted by Gasteiger charge is 2.22. The summed E-state index contributed by atoms with van der Waals surface area (Å²) in [5.74, 6) is 5.35. The molecule has 0 bridgehead atoms. The molecule has 7 heteroatoms. The first-order chi connectivity index (χ1) is 9.31. The lowest BCUT2D eigenvalue weighted by Gasteiger charge is -2.17. The fraction of sp³-hybridized carbons (Fsp3) is 0.538. The van der Waals surface area contributed by atoms with E-state index in [2.05, 4.69) is 10.1 Å². The minimum absolute atomic E-state index is 0.189. The molecule has 0 saturated carbocycles. The van der Waals surface area contributed by atoms with Crippen LogP contribution in [0.4, 0.5) is 5.69 Å². The van der Waals surface area contributed by atoms with Gasteiger partial charge in [0, 0.05) is 25.4 Å². The monoisotopic (exact) mass is 301 g/mol. The van der Waals surface area contributed by atoms with Crippen LogP contribution in [-0.2, 0) is 14.8 Å². The molecule has 1 aromatic rings. The Labute approximate surface area is 120 Å². The normalized spacial score (nSPS) is 13.2. The zero-order valence-electron chi connectivity index (χ0n) is 12.4. The summed E-state index contributed by atoms with van der Waals surface area (Å²) in [7, 11) is -1.96. The summed E-state index contributed by atoms with van der Waals surface area (Å²) >= 11 is 0. The van der Waals surface area contributed by atoms with Gasteiger partial charge in [0.25, 0.3) is 0 Å². The van der Waals surface area contributed by atoms with Crippen molar-refractivity contribution in [2.24, 2.45) is 5.84 Å². The highest BCUT2D eigenvalue weighted by molar-refractivity contribution is 7.89. The molecule has 4 N–H and O–H groups in total. The molecule has 1 aromatic carbocycles. The number of hydrogen-bond acceptors (Lipinski definition) is 5. The summed E-state index contributed by atoms with van der Waals surface area (Å²) in [6, 6.07) is 3.23. The molecule has 1 rings (SSSR count). The number of aryl methyl sites for hydroxylation is 2. The third-order valence-electron chi connectivity index (χ3n) is 3.01. The van der Waals surface area contributed by atoms with Crippen LogP contribution in [0.15, 0.2) is 17.0 Å². The second kappa shape index (κ2) is 7.03. The van der Waals surface area contributed by atoms with E-state index in [0.717, 1.165) is 0 Å². The smallest absolute Gasteiger partial charge is 0.241 e. The van der Waals surface area contributed by atoms with Crippen LogP contribution in [0.5, 0.6) is 0 Å². The van der Waals surface area contributed by atoms with Gasteiger partial charge in [-0.15, -0.1) is 0 Å². The summed E-state index contributed by atoms with van der Waals surface area (Å²) < 4.78 is 32.5. The highest BCUT2D eigenvalue weighted by atomic mass is 32.2. The van der Waals surface area contributed by atoms with Gasteiger partial charge in [-0.25, -0.2) is 13.1 Å². The molecule has 0 amide bonds. The van der Waals surface area contributed by atoms with Crippen LogP contribution in [0.25, 0.3) is 0 Å². The van der Waals surface area contributed by atoms with Gasteiger partial charge < -0.3 is 10.2 Å². The van der Waals surface area contributed by atoms with Crippen molar-refractivity contribution < 1.29 is 13.2 Å². The van der Waals surface area contributed by atoms with Crippen LogP contribution < -0.4 is 16.0 Å². The maximum absolute atomic E-state index is 12.4. The maximum atomic E-state index is 12.4. The van der Waals surface area contributed by atoms with Crippen LogP contribution in [0.3, 0.4) is 0 Å². The van der Waals surface area contributed by atoms with E-state index in [1.165, 1.54) is 0 Å². The SMILES string of the molecule is COCCC(C)NS(=O)(=O)c1c(C)cc(NN)cc1C. The Balaban J connectivity index is 3.04. The van der Waals surface area contributed by atoms with Crippen molar-refractivity contribution in [3.63, 3.8) is 0 Å². The molecule has 1 atom stereocenters. The van der Waals surface area contributed by atoms with E-state index in [0.29, 0.717) is 34.7 Å². The van der Waals surface area contributed by atoms with Gasteiger partial charge in [-0.05, 0) is 50.5 Å². The largest absolute Gasteiger partial charge is 0.385 e. The predicted molar refractivity (Wildman–Crippen MR) is 80.0 cm³/mol. The van der Waals surface area contributed by atoms with Crippen molar-refractivity contribution in [3.8, 4) is 0 Å². The summed E-state index contributed by atoms with van der Waals surface area (Å²) in [5.41, 5.74) is 4.52. The number of nitrogen functional groups attached to an aromatic ring is 1. The van der Waals surface area contributed by atoms with Gasteiger partial charge in [-0.2, -0.15) is 0 Å². The van der Waals surface area contributed by atoms with Crippen molar-refractivity contribution >= 4 is 15.7 Å². The van der Waals surface area contributed by atoms with E-state index < -0.39 is 10.0 Å².